The second kappa shape index (κ2) is 8.56. The number of urea groups is 1. The van der Waals surface area contributed by atoms with E-state index in [0.29, 0.717) is 19.5 Å². The van der Waals surface area contributed by atoms with Gasteiger partial charge in [0.15, 0.2) is 0 Å². The van der Waals surface area contributed by atoms with Crippen molar-refractivity contribution in [3.8, 4) is 0 Å². The molecule has 1 aliphatic heterocycles. The number of carbonyl (C=O) groups excluding carboxylic acids is 2. The molecule has 7 heteroatoms. The van der Waals surface area contributed by atoms with Gasteiger partial charge in [-0.2, -0.15) is 0 Å². The van der Waals surface area contributed by atoms with E-state index >= 15 is 0 Å². The molecule has 0 radical (unpaired) electrons. The lowest BCUT2D eigenvalue weighted by atomic mass is 10.2. The molecular formula is C18H26FN3O2S. The fourth-order valence-electron chi connectivity index (χ4n) is 2.72. The summed E-state index contributed by atoms with van der Waals surface area (Å²) < 4.78 is 13.2. The molecule has 1 fully saturated rings. The van der Waals surface area contributed by atoms with Crippen LogP contribution in [0.5, 0.6) is 0 Å². The lowest BCUT2D eigenvalue weighted by Crippen LogP contribution is -2.42. The molecule has 1 heterocycles. The van der Waals surface area contributed by atoms with E-state index in [2.05, 4.69) is 5.32 Å². The van der Waals surface area contributed by atoms with Gasteiger partial charge >= 0.3 is 6.03 Å². The average molecular weight is 367 g/mol. The van der Waals surface area contributed by atoms with Crippen LogP contribution in [0.25, 0.3) is 0 Å². The third kappa shape index (κ3) is 5.11. The van der Waals surface area contributed by atoms with Crippen molar-refractivity contribution in [1.82, 2.24) is 15.1 Å². The maximum atomic E-state index is 13.2. The maximum Gasteiger partial charge on any atom is 0.317 e. The molecule has 1 aromatic carbocycles. The van der Waals surface area contributed by atoms with Crippen molar-refractivity contribution in [2.75, 3.05) is 20.1 Å². The summed E-state index contributed by atoms with van der Waals surface area (Å²) in [6, 6.07) is 6.29. The van der Waals surface area contributed by atoms with Gasteiger partial charge in [-0.1, -0.05) is 12.1 Å². The number of nitrogens with one attached hydrogen (secondary N) is 1. The van der Waals surface area contributed by atoms with Gasteiger partial charge in [-0.15, -0.1) is 11.8 Å². The number of halogens is 1. The van der Waals surface area contributed by atoms with E-state index in [1.165, 1.54) is 12.1 Å². The first-order chi connectivity index (χ1) is 11.8. The minimum atomic E-state index is -0.282. The summed E-state index contributed by atoms with van der Waals surface area (Å²) in [6.45, 7) is 6.86. The molecule has 0 spiro atoms. The third-order valence-corrected chi connectivity index (χ3v) is 5.45. The number of nitrogens with zero attached hydrogens (tertiary/aromatic N) is 2. The van der Waals surface area contributed by atoms with Gasteiger partial charge in [-0.25, -0.2) is 9.18 Å². The van der Waals surface area contributed by atoms with E-state index in [0.717, 1.165) is 5.56 Å². The summed E-state index contributed by atoms with van der Waals surface area (Å²) in [4.78, 5) is 27.8. The van der Waals surface area contributed by atoms with Gasteiger partial charge in [0.2, 0.25) is 5.91 Å². The van der Waals surface area contributed by atoms with Crippen molar-refractivity contribution < 1.29 is 14.0 Å². The van der Waals surface area contributed by atoms with Crippen LogP contribution in [0.4, 0.5) is 9.18 Å². The van der Waals surface area contributed by atoms with Crippen LogP contribution in [0.1, 0.15) is 38.1 Å². The van der Waals surface area contributed by atoms with Gasteiger partial charge in [0.25, 0.3) is 0 Å². The normalized spacial score (nSPS) is 20.2. The van der Waals surface area contributed by atoms with Crippen LogP contribution in [-0.4, -0.2) is 53.2 Å². The molecule has 138 valence electrons. The summed E-state index contributed by atoms with van der Waals surface area (Å²) in [7, 11) is 1.75. The molecule has 2 rings (SSSR count). The fourth-order valence-corrected chi connectivity index (χ4v) is 4.03. The van der Waals surface area contributed by atoms with Gasteiger partial charge in [0, 0.05) is 26.2 Å². The van der Waals surface area contributed by atoms with Crippen molar-refractivity contribution >= 4 is 23.7 Å². The first-order valence-electron chi connectivity index (χ1n) is 8.52. The maximum absolute atomic E-state index is 13.2. The molecular weight excluding hydrogens is 341 g/mol. The number of rotatable bonds is 6. The molecule has 0 bridgehead atoms. The van der Waals surface area contributed by atoms with E-state index in [4.69, 9.17) is 0 Å². The van der Waals surface area contributed by atoms with Crippen LogP contribution in [0, 0.1) is 5.82 Å². The van der Waals surface area contributed by atoms with Crippen LogP contribution in [0.2, 0.25) is 0 Å². The Kier molecular flexibility index (Phi) is 6.70. The number of hydrogen-bond acceptors (Lipinski definition) is 3. The standard InChI is InChI=1S/C18H26FN3O2S/c1-12(2)20-18(24)21(4)10-5-11-22-16(23)13(3)25-17(22)14-6-8-15(19)9-7-14/h6-9,12-13,17H,5,10-11H2,1-4H3,(H,20,24). The zero-order chi connectivity index (χ0) is 18.6. The Morgan fingerprint density at radius 1 is 1.36 bits per heavy atom. The molecule has 0 aliphatic carbocycles. The zero-order valence-corrected chi connectivity index (χ0v) is 16.0. The van der Waals surface area contributed by atoms with Gasteiger partial charge in [-0.05, 0) is 44.9 Å². The van der Waals surface area contributed by atoms with E-state index in [-0.39, 0.29) is 34.4 Å². The predicted molar refractivity (Wildman–Crippen MR) is 98.8 cm³/mol. The third-order valence-electron chi connectivity index (χ3n) is 4.05. The molecule has 2 unspecified atom stereocenters. The van der Waals surface area contributed by atoms with Crippen LogP contribution in [0.15, 0.2) is 24.3 Å². The molecule has 1 aliphatic rings. The number of thioether (sulfide) groups is 1. The molecule has 2 atom stereocenters. The van der Waals surface area contributed by atoms with Gasteiger partial charge in [0.1, 0.15) is 11.2 Å². The molecule has 25 heavy (non-hydrogen) atoms. The molecule has 1 saturated heterocycles. The lowest BCUT2D eigenvalue weighted by molar-refractivity contribution is -0.129. The van der Waals surface area contributed by atoms with E-state index < -0.39 is 0 Å². The Balaban J connectivity index is 1.95. The van der Waals surface area contributed by atoms with Crippen molar-refractivity contribution in [3.05, 3.63) is 35.6 Å². The van der Waals surface area contributed by atoms with Crippen molar-refractivity contribution in [2.24, 2.45) is 0 Å². The Morgan fingerprint density at radius 2 is 2.00 bits per heavy atom. The number of hydrogen-bond donors (Lipinski definition) is 1. The monoisotopic (exact) mass is 367 g/mol. The lowest BCUT2D eigenvalue weighted by Gasteiger charge is -2.26. The van der Waals surface area contributed by atoms with Gasteiger partial charge in [0.05, 0.1) is 5.25 Å². The topological polar surface area (TPSA) is 52.7 Å². The summed E-state index contributed by atoms with van der Waals surface area (Å²) in [5.74, 6) is -0.191. The second-order valence-electron chi connectivity index (χ2n) is 6.59. The Bertz CT molecular complexity index is 609. The predicted octanol–water partition coefficient (Wildman–Crippen LogP) is 3.23. The fraction of sp³-hybridized carbons (Fsp3) is 0.556. The van der Waals surface area contributed by atoms with E-state index in [1.807, 2.05) is 25.7 Å². The largest absolute Gasteiger partial charge is 0.336 e. The van der Waals surface area contributed by atoms with Crippen LogP contribution >= 0.6 is 11.8 Å². The quantitative estimate of drug-likeness (QED) is 0.840. The highest BCUT2D eigenvalue weighted by atomic mass is 32.2. The van der Waals surface area contributed by atoms with Gasteiger partial charge in [-0.3, -0.25) is 4.79 Å². The molecule has 0 aromatic heterocycles. The summed E-state index contributed by atoms with van der Waals surface area (Å²) in [6.07, 6.45) is 0.693. The average Bonchev–Trinajstić information content (AvgIpc) is 2.83. The minimum Gasteiger partial charge on any atom is -0.336 e. The van der Waals surface area contributed by atoms with Crippen molar-refractivity contribution in [3.63, 3.8) is 0 Å². The van der Waals surface area contributed by atoms with E-state index in [9.17, 15) is 14.0 Å². The minimum absolute atomic E-state index is 0.0913. The summed E-state index contributed by atoms with van der Waals surface area (Å²) in [5, 5.41) is 2.63. The highest BCUT2D eigenvalue weighted by molar-refractivity contribution is 8.01. The zero-order valence-electron chi connectivity index (χ0n) is 15.2. The molecule has 0 saturated carbocycles. The van der Waals surface area contributed by atoms with Gasteiger partial charge < -0.3 is 15.1 Å². The Hall–Kier alpha value is -1.76. The SMILES string of the molecule is CC(C)NC(=O)N(C)CCCN1C(=O)C(C)SC1c1ccc(F)cc1. The Labute approximate surface area is 152 Å². The van der Waals surface area contributed by atoms with Crippen molar-refractivity contribution in [1.29, 1.82) is 0 Å². The van der Waals surface area contributed by atoms with Crippen LogP contribution < -0.4 is 5.32 Å². The highest BCUT2D eigenvalue weighted by Crippen LogP contribution is 2.42. The van der Waals surface area contributed by atoms with Crippen LogP contribution in [0.3, 0.4) is 0 Å². The Morgan fingerprint density at radius 3 is 2.60 bits per heavy atom. The summed E-state index contributed by atoms with van der Waals surface area (Å²) in [5.41, 5.74) is 0.926. The molecule has 1 aromatic rings. The smallest absolute Gasteiger partial charge is 0.317 e. The number of amides is 3. The number of benzene rings is 1. The molecule has 5 nitrogen and oxygen atoms in total. The first kappa shape index (κ1) is 19.6. The molecule has 3 amide bonds. The second-order valence-corrected chi connectivity index (χ2v) is 8.02. The number of carbonyl (C=O) groups is 2. The van der Waals surface area contributed by atoms with Crippen LogP contribution in [-0.2, 0) is 4.79 Å². The summed E-state index contributed by atoms with van der Waals surface area (Å²) >= 11 is 1.58. The highest BCUT2D eigenvalue weighted by Gasteiger charge is 2.38. The first-order valence-corrected chi connectivity index (χ1v) is 9.47. The molecule has 1 N–H and O–H groups in total. The van der Waals surface area contributed by atoms with E-state index in [1.54, 1.807) is 35.8 Å². The van der Waals surface area contributed by atoms with Crippen molar-refractivity contribution in [2.45, 2.75) is 43.9 Å².